The van der Waals surface area contributed by atoms with Gasteiger partial charge in [0.1, 0.15) is 23.7 Å². The maximum Gasteiger partial charge on any atom is 0.436 e. The monoisotopic (exact) mass is 554 g/mol. The average molecular weight is 555 g/mol. The minimum absolute atomic E-state index is 0.151. The van der Waals surface area contributed by atoms with Gasteiger partial charge >= 0.3 is 18.1 Å². The summed E-state index contributed by atoms with van der Waals surface area (Å²) in [6.07, 6.45) is -4.90. The molecular formula is C18H18BrF3N4O6S. The molecule has 3 rings (SSSR count). The van der Waals surface area contributed by atoms with Crippen LogP contribution < -0.4 is 5.32 Å². The summed E-state index contributed by atoms with van der Waals surface area (Å²) in [4.78, 5) is 48.6. The lowest BCUT2D eigenvalue weighted by atomic mass is 10.0. The van der Waals surface area contributed by atoms with Gasteiger partial charge in [-0.25, -0.2) is 4.79 Å². The SMILES string of the molecule is CC(=O)OCC1=C(C(=O)O)N2C(=O)C(NC(=O)CCn3nc(C(F)(F)F)c(Br)c3C)C2SC1. The van der Waals surface area contributed by atoms with E-state index < -0.39 is 47.0 Å². The highest BCUT2D eigenvalue weighted by atomic mass is 79.9. The number of rotatable bonds is 7. The van der Waals surface area contributed by atoms with Crippen LogP contribution in [0.1, 0.15) is 24.7 Å². The third-order valence-corrected chi connectivity index (χ3v) is 7.26. The summed E-state index contributed by atoms with van der Waals surface area (Å²) in [5.41, 5.74) is -0.925. The Bertz CT molecular complexity index is 1060. The zero-order valence-electron chi connectivity index (χ0n) is 17.2. The molecule has 0 bridgehead atoms. The number of ether oxygens (including phenoxy) is 1. The van der Waals surface area contributed by atoms with Crippen molar-refractivity contribution in [3.8, 4) is 0 Å². The molecule has 0 saturated carbocycles. The summed E-state index contributed by atoms with van der Waals surface area (Å²) in [6.45, 7) is 2.18. The van der Waals surface area contributed by atoms with Gasteiger partial charge in [0.05, 0.1) is 16.7 Å². The molecule has 2 atom stereocenters. The number of alkyl halides is 3. The summed E-state index contributed by atoms with van der Waals surface area (Å²) in [5.74, 6) is -3.02. The van der Waals surface area contributed by atoms with Gasteiger partial charge < -0.3 is 15.2 Å². The molecule has 2 N–H and O–H groups in total. The molecule has 15 heteroatoms. The zero-order chi connectivity index (χ0) is 24.7. The maximum atomic E-state index is 13.0. The predicted molar refractivity (Wildman–Crippen MR) is 111 cm³/mol. The molecule has 1 fully saturated rings. The van der Waals surface area contributed by atoms with Crippen LogP contribution in [-0.2, 0) is 36.6 Å². The Balaban J connectivity index is 1.64. The predicted octanol–water partition coefficient (Wildman–Crippen LogP) is 1.66. The first kappa shape index (κ1) is 25.1. The molecule has 0 aliphatic carbocycles. The fraction of sp³-hybridized carbons (Fsp3) is 0.500. The number of halogens is 4. The van der Waals surface area contributed by atoms with E-state index in [1.165, 1.54) is 25.6 Å². The van der Waals surface area contributed by atoms with Crippen LogP contribution in [0.3, 0.4) is 0 Å². The van der Waals surface area contributed by atoms with Crippen LogP contribution in [0.4, 0.5) is 13.2 Å². The summed E-state index contributed by atoms with van der Waals surface area (Å²) < 4.78 is 44.6. The Morgan fingerprint density at radius 2 is 2.03 bits per heavy atom. The second-order valence-corrected chi connectivity index (χ2v) is 9.11. The van der Waals surface area contributed by atoms with Crippen molar-refractivity contribution in [2.75, 3.05) is 12.4 Å². The van der Waals surface area contributed by atoms with E-state index >= 15 is 0 Å². The number of carboxylic acid groups (broad SMARTS) is 1. The number of amides is 2. The van der Waals surface area contributed by atoms with Gasteiger partial charge in [-0.3, -0.25) is 24.0 Å². The van der Waals surface area contributed by atoms with Gasteiger partial charge in [0.2, 0.25) is 5.91 Å². The number of aliphatic carboxylic acids is 1. The fourth-order valence-electron chi connectivity index (χ4n) is 3.36. The number of β-lactam (4-membered cyclic amide) rings is 1. The molecule has 3 heterocycles. The van der Waals surface area contributed by atoms with E-state index in [1.54, 1.807) is 0 Å². The van der Waals surface area contributed by atoms with Crippen molar-refractivity contribution >= 4 is 51.4 Å². The van der Waals surface area contributed by atoms with Crippen molar-refractivity contribution in [1.29, 1.82) is 0 Å². The largest absolute Gasteiger partial charge is 0.477 e. The molecule has 1 aromatic rings. The Labute approximate surface area is 197 Å². The van der Waals surface area contributed by atoms with Crippen molar-refractivity contribution in [2.45, 2.75) is 44.4 Å². The fourth-order valence-corrected chi connectivity index (χ4v) is 5.20. The topological polar surface area (TPSA) is 131 Å². The maximum absolute atomic E-state index is 13.0. The normalized spacial score (nSPS) is 20.3. The lowest BCUT2D eigenvalue weighted by molar-refractivity contribution is -0.151. The van der Waals surface area contributed by atoms with Crippen LogP contribution in [0.25, 0.3) is 0 Å². The van der Waals surface area contributed by atoms with Crippen molar-refractivity contribution in [1.82, 2.24) is 20.0 Å². The van der Waals surface area contributed by atoms with Gasteiger partial charge in [0, 0.05) is 24.7 Å². The molecule has 2 aliphatic rings. The van der Waals surface area contributed by atoms with E-state index in [0.717, 1.165) is 9.58 Å². The lowest BCUT2D eigenvalue weighted by Crippen LogP contribution is -2.70. The van der Waals surface area contributed by atoms with Crippen LogP contribution in [0.5, 0.6) is 0 Å². The average Bonchev–Trinajstić information content (AvgIpc) is 3.02. The van der Waals surface area contributed by atoms with Gasteiger partial charge in [0.25, 0.3) is 5.91 Å². The number of aromatic nitrogens is 2. The van der Waals surface area contributed by atoms with Crippen molar-refractivity contribution in [3.05, 3.63) is 27.1 Å². The number of aryl methyl sites for hydroxylation is 1. The molecule has 2 aliphatic heterocycles. The van der Waals surface area contributed by atoms with Gasteiger partial charge in [-0.2, -0.15) is 18.3 Å². The first-order valence-electron chi connectivity index (χ1n) is 9.45. The number of carbonyl (C=O) groups excluding carboxylic acids is 3. The zero-order valence-corrected chi connectivity index (χ0v) is 19.6. The number of thioether (sulfide) groups is 1. The van der Waals surface area contributed by atoms with E-state index in [4.69, 9.17) is 4.74 Å². The minimum atomic E-state index is -4.65. The van der Waals surface area contributed by atoms with Crippen LogP contribution in [0, 0.1) is 6.92 Å². The molecule has 0 spiro atoms. The lowest BCUT2D eigenvalue weighted by Gasteiger charge is -2.49. The van der Waals surface area contributed by atoms with E-state index in [1.807, 2.05) is 0 Å². The van der Waals surface area contributed by atoms with Crippen LogP contribution in [0.15, 0.2) is 15.7 Å². The van der Waals surface area contributed by atoms with Crippen molar-refractivity contribution in [2.24, 2.45) is 0 Å². The second-order valence-electron chi connectivity index (χ2n) is 7.21. The quantitative estimate of drug-likeness (QED) is 0.384. The van der Waals surface area contributed by atoms with Crippen molar-refractivity contribution < 1.29 is 42.2 Å². The first-order valence-corrected chi connectivity index (χ1v) is 11.3. The number of hydrogen-bond donors (Lipinski definition) is 2. The van der Waals surface area contributed by atoms with Gasteiger partial charge in [-0.15, -0.1) is 11.8 Å². The molecule has 1 aromatic heterocycles. The van der Waals surface area contributed by atoms with Crippen LogP contribution in [-0.4, -0.2) is 67.3 Å². The van der Waals surface area contributed by atoms with E-state index in [9.17, 15) is 37.5 Å². The molecule has 2 unspecified atom stereocenters. The first-order chi connectivity index (χ1) is 15.3. The molecule has 2 amide bonds. The summed E-state index contributed by atoms with van der Waals surface area (Å²) in [5, 5.41) is 14.9. The van der Waals surface area contributed by atoms with Gasteiger partial charge in [-0.05, 0) is 22.9 Å². The van der Waals surface area contributed by atoms with Gasteiger partial charge in [0.15, 0.2) is 5.69 Å². The molecule has 0 aromatic carbocycles. The Morgan fingerprint density at radius 3 is 2.58 bits per heavy atom. The number of carbonyl (C=O) groups is 4. The highest BCUT2D eigenvalue weighted by Crippen LogP contribution is 2.40. The van der Waals surface area contributed by atoms with E-state index in [2.05, 4.69) is 26.3 Å². The molecule has 10 nitrogen and oxygen atoms in total. The number of hydrogen-bond acceptors (Lipinski definition) is 7. The molecular weight excluding hydrogens is 537 g/mol. The standard InChI is InChI=1S/C18H18BrF3N4O6S/c1-7-11(19)14(18(20,21)22)24-25(7)4-3-10(28)23-12-15(29)26-13(17(30)31)9(5-32-8(2)27)6-33-16(12)26/h12,16H,3-6H2,1-2H3,(H,23,28)(H,30,31). The summed E-state index contributed by atoms with van der Waals surface area (Å²) >= 11 is 4.06. The van der Waals surface area contributed by atoms with Crippen LogP contribution >= 0.6 is 27.7 Å². The highest BCUT2D eigenvalue weighted by molar-refractivity contribution is 9.10. The number of carboxylic acids is 1. The Hall–Kier alpha value is -2.55. The third-order valence-electron chi connectivity index (χ3n) is 4.97. The second kappa shape index (κ2) is 9.37. The Kier molecular flexibility index (Phi) is 7.12. The number of nitrogens with one attached hydrogen (secondary N) is 1. The van der Waals surface area contributed by atoms with Crippen LogP contribution in [0.2, 0.25) is 0 Å². The van der Waals surface area contributed by atoms with Crippen molar-refractivity contribution in [3.63, 3.8) is 0 Å². The molecule has 33 heavy (non-hydrogen) atoms. The molecule has 180 valence electrons. The number of esters is 1. The Morgan fingerprint density at radius 1 is 1.36 bits per heavy atom. The van der Waals surface area contributed by atoms with Gasteiger partial charge in [-0.1, -0.05) is 0 Å². The summed E-state index contributed by atoms with van der Waals surface area (Å²) in [7, 11) is 0. The minimum Gasteiger partial charge on any atom is -0.477 e. The third kappa shape index (κ3) is 5.03. The number of fused-ring (bicyclic) bond motifs is 1. The number of nitrogens with zero attached hydrogens (tertiary/aromatic N) is 3. The molecule has 1 saturated heterocycles. The van der Waals surface area contributed by atoms with E-state index in [-0.39, 0.29) is 46.8 Å². The molecule has 0 radical (unpaired) electrons. The highest BCUT2D eigenvalue weighted by Gasteiger charge is 2.54. The van der Waals surface area contributed by atoms with E-state index in [0.29, 0.717) is 0 Å². The summed E-state index contributed by atoms with van der Waals surface area (Å²) in [6, 6.07) is -0.983. The smallest absolute Gasteiger partial charge is 0.436 e.